The maximum atomic E-state index is 13.5. The van der Waals surface area contributed by atoms with Gasteiger partial charge in [0.05, 0.1) is 17.5 Å². The third kappa shape index (κ3) is 6.77. The number of nitrogens with one attached hydrogen (secondary N) is 3. The third-order valence-electron chi connectivity index (χ3n) is 7.52. The minimum absolute atomic E-state index is 0.101. The standard InChI is InChI=1S/C25H37ClFN3O6S/c1-12(26)17(23-20(32)19(31)21(33)25(36-23)37-2)30-24(34)18-22-14(11-29-18)9-16(6-7-35-22)28-10-13-4-3-5-15(27)8-13/h3-5,8,12,14,16-23,25,28-29,31-33H,6-7,9-11H2,1-2H3,(H,30,34)/t12-,14-,16?,17?,18-,19?,20?,21+,22+,23+,25?/m0/s1. The Morgan fingerprint density at radius 2 is 2.08 bits per heavy atom. The van der Waals surface area contributed by atoms with Crippen LogP contribution in [-0.2, 0) is 20.8 Å². The Hall–Kier alpha value is -1.02. The number of benzene rings is 1. The Morgan fingerprint density at radius 1 is 1.30 bits per heavy atom. The average Bonchev–Trinajstić information content (AvgIpc) is 3.15. The number of hydrogen-bond acceptors (Lipinski definition) is 9. The Morgan fingerprint density at radius 3 is 2.78 bits per heavy atom. The highest BCUT2D eigenvalue weighted by Gasteiger charge is 2.49. The lowest BCUT2D eigenvalue weighted by Gasteiger charge is -2.44. The van der Waals surface area contributed by atoms with Crippen molar-refractivity contribution in [2.45, 2.75) is 85.8 Å². The average molecular weight is 562 g/mol. The van der Waals surface area contributed by atoms with Gasteiger partial charge < -0.3 is 40.7 Å². The highest BCUT2D eigenvalue weighted by molar-refractivity contribution is 7.99. The van der Waals surface area contributed by atoms with Crippen LogP contribution in [0.25, 0.3) is 0 Å². The predicted octanol–water partition coefficient (Wildman–Crippen LogP) is 0.334. The summed E-state index contributed by atoms with van der Waals surface area (Å²) in [5.74, 6) is -0.486. The molecule has 9 nitrogen and oxygen atoms in total. The van der Waals surface area contributed by atoms with Crippen LogP contribution in [0.3, 0.4) is 0 Å². The highest BCUT2D eigenvalue weighted by Crippen LogP contribution is 2.31. The van der Waals surface area contributed by atoms with Gasteiger partial charge in [-0.1, -0.05) is 12.1 Å². The van der Waals surface area contributed by atoms with Crippen LogP contribution in [0.5, 0.6) is 0 Å². The van der Waals surface area contributed by atoms with Gasteiger partial charge in [-0.15, -0.1) is 23.4 Å². The number of aliphatic hydroxyl groups is 3. The Kier molecular flexibility index (Phi) is 10.1. The van der Waals surface area contributed by atoms with Crippen LogP contribution in [0.2, 0.25) is 0 Å². The smallest absolute Gasteiger partial charge is 0.240 e. The van der Waals surface area contributed by atoms with Crippen LogP contribution in [0.15, 0.2) is 24.3 Å². The molecule has 1 amide bonds. The van der Waals surface area contributed by atoms with Crippen molar-refractivity contribution in [3.63, 3.8) is 0 Å². The molecule has 1 aromatic carbocycles. The van der Waals surface area contributed by atoms with E-state index >= 15 is 0 Å². The van der Waals surface area contributed by atoms with Crippen LogP contribution >= 0.6 is 23.4 Å². The molecule has 0 saturated carbocycles. The molecule has 11 atom stereocenters. The summed E-state index contributed by atoms with van der Waals surface area (Å²) in [7, 11) is 0. The predicted molar refractivity (Wildman–Crippen MR) is 139 cm³/mol. The van der Waals surface area contributed by atoms with Gasteiger partial charge in [-0.2, -0.15) is 0 Å². The number of carbonyl (C=O) groups is 1. The van der Waals surface area contributed by atoms with Crippen LogP contribution in [-0.4, -0.2) is 100 Å². The summed E-state index contributed by atoms with van der Waals surface area (Å²) in [5, 5.41) is 40.1. The van der Waals surface area contributed by atoms with Crippen LogP contribution in [0, 0.1) is 11.7 Å². The van der Waals surface area contributed by atoms with Crippen molar-refractivity contribution >= 4 is 29.3 Å². The van der Waals surface area contributed by atoms with Crippen molar-refractivity contribution in [2.24, 2.45) is 5.92 Å². The normalized spacial score (nSPS) is 37.9. The van der Waals surface area contributed by atoms with Crippen LogP contribution in [0.1, 0.15) is 25.3 Å². The SMILES string of the molecule is CSC1O[C@H](C(NC(=O)[C@H]2NC[C@@H]3CC(NCc4cccc(F)c4)CCO[C@H]32)[C@H](C)Cl)C(O)C(O)[C@H]1O. The molecular weight excluding hydrogens is 525 g/mol. The van der Waals surface area contributed by atoms with Crippen LogP contribution < -0.4 is 16.0 Å². The zero-order valence-electron chi connectivity index (χ0n) is 20.9. The van der Waals surface area contributed by atoms with E-state index in [1.165, 1.54) is 23.9 Å². The Bertz CT molecular complexity index is 917. The number of hydrogen-bond donors (Lipinski definition) is 6. The number of thioether (sulfide) groups is 1. The number of carbonyl (C=O) groups excluding carboxylic acids is 1. The summed E-state index contributed by atoms with van der Waals surface area (Å²) < 4.78 is 25.5. The summed E-state index contributed by atoms with van der Waals surface area (Å²) in [5.41, 5.74) is 0.104. The number of rotatable bonds is 8. The van der Waals surface area contributed by atoms with Crippen LogP contribution in [0.4, 0.5) is 4.39 Å². The summed E-state index contributed by atoms with van der Waals surface area (Å²) in [6.45, 7) is 3.31. The van der Waals surface area contributed by atoms with E-state index in [9.17, 15) is 24.5 Å². The first-order chi connectivity index (χ1) is 17.7. The van der Waals surface area contributed by atoms with Gasteiger partial charge in [0.25, 0.3) is 0 Å². The molecule has 6 N–H and O–H groups in total. The maximum Gasteiger partial charge on any atom is 0.240 e. The minimum Gasteiger partial charge on any atom is -0.388 e. The molecular formula is C25H37ClFN3O6S. The molecule has 3 aliphatic heterocycles. The summed E-state index contributed by atoms with van der Waals surface area (Å²) in [4.78, 5) is 13.4. The first kappa shape index (κ1) is 29.0. The molecule has 0 aromatic heterocycles. The Balaban J connectivity index is 1.37. The molecule has 37 heavy (non-hydrogen) atoms. The van der Waals surface area contributed by atoms with E-state index in [0.717, 1.165) is 18.4 Å². The second-order valence-electron chi connectivity index (χ2n) is 10.1. The summed E-state index contributed by atoms with van der Waals surface area (Å²) in [6, 6.07) is 5.26. The topological polar surface area (TPSA) is 132 Å². The van der Waals surface area contributed by atoms with Gasteiger partial charge in [-0.3, -0.25) is 4.79 Å². The molecule has 0 bridgehead atoms. The first-order valence-electron chi connectivity index (χ1n) is 12.7. The second kappa shape index (κ2) is 12.9. The van der Waals surface area contributed by atoms with Gasteiger partial charge >= 0.3 is 0 Å². The van der Waals surface area contributed by atoms with Gasteiger partial charge in [0.1, 0.15) is 41.7 Å². The highest BCUT2D eigenvalue weighted by atomic mass is 35.5. The van der Waals surface area contributed by atoms with Gasteiger partial charge in [-0.25, -0.2) is 4.39 Å². The third-order valence-corrected chi connectivity index (χ3v) is 8.65. The van der Waals surface area contributed by atoms with E-state index in [2.05, 4.69) is 16.0 Å². The van der Waals surface area contributed by atoms with Gasteiger partial charge in [0.15, 0.2) is 0 Å². The molecule has 0 radical (unpaired) electrons. The largest absolute Gasteiger partial charge is 0.388 e. The minimum atomic E-state index is -1.43. The lowest BCUT2D eigenvalue weighted by molar-refractivity contribution is -0.205. The molecule has 4 rings (SSSR count). The fourth-order valence-electron chi connectivity index (χ4n) is 5.48. The number of alkyl halides is 1. The lowest BCUT2D eigenvalue weighted by Crippen LogP contribution is -2.65. The lowest BCUT2D eigenvalue weighted by atomic mass is 9.92. The number of halogens is 2. The van der Waals surface area contributed by atoms with Gasteiger partial charge in [0, 0.05) is 31.7 Å². The van der Waals surface area contributed by atoms with E-state index in [1.807, 2.05) is 6.07 Å². The van der Waals surface area contributed by atoms with Crippen molar-refractivity contribution in [3.8, 4) is 0 Å². The molecule has 3 fully saturated rings. The molecule has 0 spiro atoms. The molecule has 1 aromatic rings. The summed E-state index contributed by atoms with van der Waals surface area (Å²) in [6.07, 6.45) is -2.16. The van der Waals surface area contributed by atoms with E-state index in [4.69, 9.17) is 21.1 Å². The molecule has 3 aliphatic rings. The Labute approximate surface area is 225 Å². The number of aliphatic hydroxyl groups excluding tert-OH is 3. The fourth-order valence-corrected chi connectivity index (χ4v) is 6.36. The molecule has 12 heteroatoms. The van der Waals surface area contributed by atoms with E-state index in [0.29, 0.717) is 19.7 Å². The quantitative estimate of drug-likeness (QED) is 0.249. The molecule has 3 saturated heterocycles. The van der Waals surface area contributed by atoms with Gasteiger partial charge in [0.2, 0.25) is 5.91 Å². The number of ether oxygens (including phenoxy) is 2. The zero-order valence-corrected chi connectivity index (χ0v) is 22.5. The molecule has 3 heterocycles. The number of amides is 1. The molecule has 0 aliphatic carbocycles. The van der Waals surface area contributed by atoms with E-state index in [-0.39, 0.29) is 29.8 Å². The fraction of sp³-hybridized carbons (Fsp3) is 0.720. The molecule has 208 valence electrons. The first-order valence-corrected chi connectivity index (χ1v) is 14.4. The van der Waals surface area contributed by atoms with Crippen molar-refractivity contribution < 1.29 is 34.0 Å². The molecule has 5 unspecified atom stereocenters. The monoisotopic (exact) mass is 561 g/mol. The van der Waals surface area contributed by atoms with E-state index in [1.54, 1.807) is 19.2 Å². The van der Waals surface area contributed by atoms with Crippen molar-refractivity contribution in [3.05, 3.63) is 35.6 Å². The van der Waals surface area contributed by atoms with Gasteiger partial charge in [-0.05, 0) is 43.7 Å². The van der Waals surface area contributed by atoms with Crippen molar-refractivity contribution in [1.29, 1.82) is 0 Å². The van der Waals surface area contributed by atoms with Crippen molar-refractivity contribution in [1.82, 2.24) is 16.0 Å². The number of fused-ring (bicyclic) bond motifs is 1. The second-order valence-corrected chi connectivity index (χ2v) is 11.7. The van der Waals surface area contributed by atoms with Crippen molar-refractivity contribution in [2.75, 3.05) is 19.4 Å². The summed E-state index contributed by atoms with van der Waals surface area (Å²) >= 11 is 7.61. The van der Waals surface area contributed by atoms with E-state index < -0.39 is 47.3 Å². The zero-order chi connectivity index (χ0) is 26.7. The maximum absolute atomic E-state index is 13.5.